The molecule has 2 rings (SSSR count). The maximum atomic E-state index is 10.8. The summed E-state index contributed by atoms with van der Waals surface area (Å²) in [5.41, 5.74) is 1.88. The van der Waals surface area contributed by atoms with E-state index >= 15 is 0 Å². The molecule has 0 saturated carbocycles. The fourth-order valence-corrected chi connectivity index (χ4v) is 2.72. The molecule has 0 spiro atoms. The standard InChI is InChI=1S/C12H12O3S/c13-6-8-1-3-9(4-2-8)11-5-10(7-16-11)12(14)15/h1-5,10,13H,6-7H2,(H,14,15). The maximum absolute atomic E-state index is 10.8. The molecule has 1 aromatic rings. The second kappa shape index (κ2) is 4.72. The monoisotopic (exact) mass is 236 g/mol. The van der Waals surface area contributed by atoms with E-state index in [0.29, 0.717) is 5.75 Å². The third kappa shape index (κ3) is 2.28. The molecule has 0 radical (unpaired) electrons. The lowest BCUT2D eigenvalue weighted by atomic mass is 10.1. The van der Waals surface area contributed by atoms with Crippen LogP contribution in [0.2, 0.25) is 0 Å². The largest absolute Gasteiger partial charge is 0.481 e. The van der Waals surface area contributed by atoms with Crippen molar-refractivity contribution in [3.05, 3.63) is 41.5 Å². The van der Waals surface area contributed by atoms with E-state index in [1.807, 2.05) is 24.3 Å². The first kappa shape index (κ1) is 11.2. The van der Waals surface area contributed by atoms with Crippen molar-refractivity contribution in [2.75, 3.05) is 5.75 Å². The molecule has 4 heteroatoms. The van der Waals surface area contributed by atoms with E-state index in [9.17, 15) is 4.79 Å². The van der Waals surface area contributed by atoms with Gasteiger partial charge in [0.05, 0.1) is 12.5 Å². The highest BCUT2D eigenvalue weighted by molar-refractivity contribution is 8.08. The summed E-state index contributed by atoms with van der Waals surface area (Å²) in [6.45, 7) is 0.0320. The first-order chi connectivity index (χ1) is 7.70. The summed E-state index contributed by atoms with van der Waals surface area (Å²) in [5, 5.41) is 17.8. The molecule has 3 nitrogen and oxygen atoms in total. The smallest absolute Gasteiger partial charge is 0.311 e. The number of benzene rings is 1. The molecule has 0 aromatic heterocycles. The average Bonchev–Trinajstić information content (AvgIpc) is 2.78. The fourth-order valence-electron chi connectivity index (χ4n) is 1.56. The molecule has 1 atom stereocenters. The van der Waals surface area contributed by atoms with Crippen LogP contribution in [0.15, 0.2) is 30.3 Å². The minimum atomic E-state index is -0.769. The number of carboxylic acid groups (broad SMARTS) is 1. The van der Waals surface area contributed by atoms with Gasteiger partial charge in [-0.2, -0.15) is 0 Å². The third-order valence-electron chi connectivity index (χ3n) is 2.51. The molecular weight excluding hydrogens is 224 g/mol. The number of thioether (sulfide) groups is 1. The molecule has 16 heavy (non-hydrogen) atoms. The summed E-state index contributed by atoms with van der Waals surface area (Å²) in [6.07, 6.45) is 1.79. The van der Waals surface area contributed by atoms with Gasteiger partial charge in [-0.3, -0.25) is 4.79 Å². The van der Waals surface area contributed by atoms with E-state index in [4.69, 9.17) is 10.2 Å². The summed E-state index contributed by atoms with van der Waals surface area (Å²) in [7, 11) is 0. The van der Waals surface area contributed by atoms with E-state index in [2.05, 4.69) is 0 Å². The van der Waals surface area contributed by atoms with Gasteiger partial charge in [-0.1, -0.05) is 30.3 Å². The lowest BCUT2D eigenvalue weighted by Crippen LogP contribution is -2.10. The SMILES string of the molecule is O=C(O)C1C=C(c2ccc(CO)cc2)SC1. The van der Waals surface area contributed by atoms with Gasteiger partial charge in [0.15, 0.2) is 0 Å². The van der Waals surface area contributed by atoms with Crippen LogP contribution in [0.5, 0.6) is 0 Å². The highest BCUT2D eigenvalue weighted by atomic mass is 32.2. The molecule has 84 valence electrons. The van der Waals surface area contributed by atoms with E-state index in [-0.39, 0.29) is 12.5 Å². The zero-order valence-corrected chi connectivity index (χ0v) is 9.41. The van der Waals surface area contributed by atoms with Crippen molar-refractivity contribution in [1.82, 2.24) is 0 Å². The van der Waals surface area contributed by atoms with Crippen molar-refractivity contribution < 1.29 is 15.0 Å². The number of hydrogen-bond donors (Lipinski definition) is 2. The van der Waals surface area contributed by atoms with Crippen LogP contribution in [-0.2, 0) is 11.4 Å². The molecule has 1 heterocycles. The van der Waals surface area contributed by atoms with Crippen LogP contribution in [0.3, 0.4) is 0 Å². The molecule has 0 fully saturated rings. The van der Waals surface area contributed by atoms with Crippen molar-refractivity contribution in [3.63, 3.8) is 0 Å². The fraction of sp³-hybridized carbons (Fsp3) is 0.250. The quantitative estimate of drug-likeness (QED) is 0.842. The molecule has 1 aliphatic rings. The average molecular weight is 236 g/mol. The van der Waals surface area contributed by atoms with Gasteiger partial charge < -0.3 is 10.2 Å². The topological polar surface area (TPSA) is 57.5 Å². The normalized spacial score (nSPS) is 19.6. The Morgan fingerprint density at radius 1 is 1.38 bits per heavy atom. The zero-order valence-electron chi connectivity index (χ0n) is 8.59. The third-order valence-corrected chi connectivity index (χ3v) is 3.72. The molecule has 0 amide bonds. The van der Waals surface area contributed by atoms with Crippen LogP contribution in [0.4, 0.5) is 0 Å². The van der Waals surface area contributed by atoms with Crippen LogP contribution in [0.1, 0.15) is 11.1 Å². The first-order valence-corrected chi connectivity index (χ1v) is 5.97. The van der Waals surface area contributed by atoms with Crippen LogP contribution in [-0.4, -0.2) is 21.9 Å². The number of rotatable bonds is 3. The first-order valence-electron chi connectivity index (χ1n) is 4.98. The summed E-state index contributed by atoms with van der Waals surface area (Å²) < 4.78 is 0. The lowest BCUT2D eigenvalue weighted by molar-refractivity contribution is -0.139. The van der Waals surface area contributed by atoms with Crippen LogP contribution in [0, 0.1) is 5.92 Å². The molecule has 0 saturated heterocycles. The van der Waals surface area contributed by atoms with Crippen molar-refractivity contribution >= 4 is 22.6 Å². The number of carboxylic acids is 1. The second-order valence-corrected chi connectivity index (χ2v) is 4.70. The highest BCUT2D eigenvalue weighted by Crippen LogP contribution is 2.36. The van der Waals surface area contributed by atoms with Gasteiger partial charge >= 0.3 is 5.97 Å². The molecule has 0 bridgehead atoms. The Bertz CT molecular complexity index is 422. The van der Waals surface area contributed by atoms with Gasteiger partial charge in [0.1, 0.15) is 0 Å². The number of aliphatic carboxylic acids is 1. The van der Waals surface area contributed by atoms with Gasteiger partial charge in [-0.05, 0) is 11.1 Å². The van der Waals surface area contributed by atoms with Crippen molar-refractivity contribution in [1.29, 1.82) is 0 Å². The number of aliphatic hydroxyl groups excluding tert-OH is 1. The van der Waals surface area contributed by atoms with E-state index in [1.54, 1.807) is 17.8 Å². The predicted octanol–water partition coefficient (Wildman–Crippen LogP) is 1.97. The minimum Gasteiger partial charge on any atom is -0.481 e. The molecule has 2 N–H and O–H groups in total. The molecule has 1 aliphatic heterocycles. The maximum Gasteiger partial charge on any atom is 0.311 e. The van der Waals surface area contributed by atoms with Gasteiger partial charge in [-0.25, -0.2) is 0 Å². The summed E-state index contributed by atoms with van der Waals surface area (Å²) in [5.74, 6) is -0.543. The molecule has 1 aromatic carbocycles. The van der Waals surface area contributed by atoms with Gasteiger partial charge in [0, 0.05) is 10.7 Å². The van der Waals surface area contributed by atoms with E-state index < -0.39 is 5.97 Å². The molecular formula is C12H12O3S. The summed E-state index contributed by atoms with van der Waals surface area (Å²) in [6, 6.07) is 7.53. The molecule has 1 unspecified atom stereocenters. The zero-order chi connectivity index (χ0) is 11.5. The Morgan fingerprint density at radius 2 is 2.06 bits per heavy atom. The van der Waals surface area contributed by atoms with Crippen molar-refractivity contribution in [3.8, 4) is 0 Å². The Morgan fingerprint density at radius 3 is 2.56 bits per heavy atom. The molecule has 0 aliphatic carbocycles. The Balaban J connectivity index is 2.19. The Kier molecular flexibility index (Phi) is 3.31. The lowest BCUT2D eigenvalue weighted by Gasteiger charge is -2.02. The van der Waals surface area contributed by atoms with Crippen molar-refractivity contribution in [2.45, 2.75) is 6.61 Å². The van der Waals surface area contributed by atoms with E-state index in [1.165, 1.54) is 0 Å². The summed E-state index contributed by atoms with van der Waals surface area (Å²) in [4.78, 5) is 11.8. The van der Waals surface area contributed by atoms with Crippen LogP contribution < -0.4 is 0 Å². The van der Waals surface area contributed by atoms with Gasteiger partial charge in [-0.15, -0.1) is 11.8 Å². The van der Waals surface area contributed by atoms with Crippen LogP contribution >= 0.6 is 11.8 Å². The van der Waals surface area contributed by atoms with Gasteiger partial charge in [0.25, 0.3) is 0 Å². The second-order valence-electron chi connectivity index (χ2n) is 3.64. The number of aliphatic hydroxyl groups is 1. The summed E-state index contributed by atoms with van der Waals surface area (Å²) >= 11 is 1.56. The van der Waals surface area contributed by atoms with Gasteiger partial charge in [0.2, 0.25) is 0 Å². The highest BCUT2D eigenvalue weighted by Gasteiger charge is 2.23. The predicted molar refractivity (Wildman–Crippen MR) is 63.9 cm³/mol. The number of carbonyl (C=O) groups is 1. The Hall–Kier alpha value is -1.26. The van der Waals surface area contributed by atoms with E-state index in [0.717, 1.165) is 16.0 Å². The number of hydrogen-bond acceptors (Lipinski definition) is 3. The minimum absolute atomic E-state index is 0.0320. The Labute approximate surface area is 97.8 Å². The van der Waals surface area contributed by atoms with Crippen molar-refractivity contribution in [2.24, 2.45) is 5.92 Å². The van der Waals surface area contributed by atoms with Crippen LogP contribution in [0.25, 0.3) is 4.91 Å².